The van der Waals surface area contributed by atoms with Crippen molar-refractivity contribution in [2.24, 2.45) is 0 Å². The molecule has 21 heavy (non-hydrogen) atoms. The molecule has 4 nitrogen and oxygen atoms in total. The van der Waals surface area contributed by atoms with Crippen LogP contribution in [-0.4, -0.2) is 23.8 Å². The second-order valence-corrected chi connectivity index (χ2v) is 5.18. The minimum Gasteiger partial charge on any atom is -0.338 e. The molecule has 2 N–H and O–H groups in total. The van der Waals surface area contributed by atoms with Crippen LogP contribution < -0.4 is 10.6 Å². The molecule has 110 valence electrons. The number of aromatic nitrogens is 1. The van der Waals surface area contributed by atoms with Crippen LogP contribution in [0.25, 0.3) is 0 Å². The van der Waals surface area contributed by atoms with Crippen molar-refractivity contribution < 1.29 is 9.18 Å². The van der Waals surface area contributed by atoms with Gasteiger partial charge in [0.2, 0.25) is 0 Å². The Morgan fingerprint density at radius 2 is 2.05 bits per heavy atom. The van der Waals surface area contributed by atoms with Crippen LogP contribution in [0.3, 0.4) is 0 Å². The summed E-state index contributed by atoms with van der Waals surface area (Å²) in [5.74, 6) is -0.336. The molecular formula is C15H16FN3OS. The average Bonchev–Trinajstić information content (AvgIpc) is 2.48. The molecule has 1 aromatic heterocycles. The van der Waals surface area contributed by atoms with Crippen LogP contribution in [0, 0.1) is 5.82 Å². The van der Waals surface area contributed by atoms with E-state index in [0.717, 1.165) is 12.0 Å². The van der Waals surface area contributed by atoms with E-state index in [-0.39, 0.29) is 11.8 Å². The summed E-state index contributed by atoms with van der Waals surface area (Å²) in [6.45, 7) is 0.501. The van der Waals surface area contributed by atoms with Gasteiger partial charge in [0.15, 0.2) is 0 Å². The molecule has 0 aliphatic heterocycles. The minimum absolute atomic E-state index is 0.336. The number of anilines is 1. The third-order valence-electron chi connectivity index (χ3n) is 2.86. The predicted molar refractivity (Wildman–Crippen MR) is 83.1 cm³/mol. The van der Waals surface area contributed by atoms with E-state index in [1.165, 1.54) is 17.8 Å². The largest absolute Gasteiger partial charge is 0.338 e. The van der Waals surface area contributed by atoms with Crippen molar-refractivity contribution >= 4 is 23.5 Å². The van der Waals surface area contributed by atoms with Crippen LogP contribution in [0.4, 0.5) is 14.9 Å². The third-order valence-corrected chi connectivity index (χ3v) is 3.63. The Bertz CT molecular complexity index is 607. The van der Waals surface area contributed by atoms with E-state index in [4.69, 9.17) is 0 Å². The Hall–Kier alpha value is -2.08. The molecular weight excluding hydrogens is 289 g/mol. The van der Waals surface area contributed by atoms with E-state index in [1.807, 2.05) is 12.1 Å². The number of urea groups is 1. The van der Waals surface area contributed by atoms with E-state index < -0.39 is 0 Å². The van der Waals surface area contributed by atoms with E-state index in [9.17, 15) is 9.18 Å². The number of amides is 2. The molecule has 0 unspecified atom stereocenters. The smallest absolute Gasteiger partial charge is 0.319 e. The number of nitrogens with zero attached hydrogens (tertiary/aromatic N) is 1. The van der Waals surface area contributed by atoms with Gasteiger partial charge in [-0.2, -0.15) is 0 Å². The molecule has 0 fully saturated rings. The molecule has 1 heterocycles. The summed E-state index contributed by atoms with van der Waals surface area (Å²) in [7, 11) is 0. The molecule has 0 saturated carbocycles. The lowest BCUT2D eigenvalue weighted by atomic mass is 10.2. The van der Waals surface area contributed by atoms with Gasteiger partial charge in [0.25, 0.3) is 0 Å². The molecule has 2 aromatic rings. The lowest BCUT2D eigenvalue weighted by Gasteiger charge is -2.08. The number of carbonyl (C=O) groups excluding carboxylic acids is 1. The number of halogens is 1. The van der Waals surface area contributed by atoms with Crippen molar-refractivity contribution in [2.75, 3.05) is 18.1 Å². The molecule has 0 aliphatic carbocycles. The van der Waals surface area contributed by atoms with Crippen LogP contribution in [0.1, 0.15) is 5.56 Å². The molecule has 0 radical (unpaired) electrons. The van der Waals surface area contributed by atoms with Crippen LogP contribution >= 0.6 is 11.8 Å². The highest BCUT2D eigenvalue weighted by Gasteiger charge is 2.05. The van der Waals surface area contributed by atoms with Crippen molar-refractivity contribution in [2.45, 2.75) is 11.3 Å². The fourth-order valence-corrected chi connectivity index (χ4v) is 2.25. The number of thioether (sulfide) groups is 1. The quantitative estimate of drug-likeness (QED) is 0.833. The van der Waals surface area contributed by atoms with E-state index in [0.29, 0.717) is 17.1 Å². The zero-order valence-electron chi connectivity index (χ0n) is 11.6. The summed E-state index contributed by atoms with van der Waals surface area (Å²) < 4.78 is 13.6. The minimum atomic E-state index is -0.347. The molecule has 0 aliphatic rings. The molecule has 0 spiro atoms. The summed E-state index contributed by atoms with van der Waals surface area (Å²) >= 11 is 1.33. The number of hydrogen-bond acceptors (Lipinski definition) is 3. The topological polar surface area (TPSA) is 54.0 Å². The van der Waals surface area contributed by atoms with Gasteiger partial charge in [-0.1, -0.05) is 0 Å². The van der Waals surface area contributed by atoms with Crippen LogP contribution in [-0.2, 0) is 6.42 Å². The van der Waals surface area contributed by atoms with Gasteiger partial charge in [0, 0.05) is 29.5 Å². The van der Waals surface area contributed by atoms with Crippen molar-refractivity contribution in [3.05, 3.63) is 54.1 Å². The van der Waals surface area contributed by atoms with Gasteiger partial charge in [-0.3, -0.25) is 4.98 Å². The van der Waals surface area contributed by atoms with Crippen molar-refractivity contribution in [1.29, 1.82) is 0 Å². The fourth-order valence-electron chi connectivity index (χ4n) is 1.79. The maximum Gasteiger partial charge on any atom is 0.319 e. The summed E-state index contributed by atoms with van der Waals surface area (Å²) in [4.78, 5) is 16.2. The first kappa shape index (κ1) is 15.3. The number of carbonyl (C=O) groups is 1. The molecule has 1 aromatic carbocycles. The number of nitrogens with one attached hydrogen (secondary N) is 2. The maximum atomic E-state index is 13.6. The Morgan fingerprint density at radius 3 is 2.71 bits per heavy atom. The zero-order chi connectivity index (χ0) is 15.1. The summed E-state index contributed by atoms with van der Waals surface area (Å²) in [5, 5.41) is 5.34. The van der Waals surface area contributed by atoms with E-state index in [1.54, 1.807) is 30.8 Å². The standard InChI is InChI=1S/C15H16FN3OS/c1-21-14-3-2-12(10-13(14)16)19-15(20)18-9-6-11-4-7-17-8-5-11/h2-5,7-8,10H,6,9H2,1H3,(H2,18,19,20). The van der Waals surface area contributed by atoms with Crippen LogP contribution in [0.5, 0.6) is 0 Å². The molecule has 0 atom stereocenters. The SMILES string of the molecule is CSc1ccc(NC(=O)NCCc2ccncc2)cc1F. The van der Waals surface area contributed by atoms with Crippen LogP contribution in [0.2, 0.25) is 0 Å². The number of benzene rings is 1. The Morgan fingerprint density at radius 1 is 1.29 bits per heavy atom. The lowest BCUT2D eigenvalue weighted by molar-refractivity contribution is 0.252. The fraction of sp³-hybridized carbons (Fsp3) is 0.200. The van der Waals surface area contributed by atoms with Crippen molar-refractivity contribution in [3.63, 3.8) is 0 Å². The second kappa shape index (κ2) is 7.64. The number of pyridine rings is 1. The zero-order valence-corrected chi connectivity index (χ0v) is 12.4. The third kappa shape index (κ3) is 4.75. The summed E-state index contributed by atoms with van der Waals surface area (Å²) in [6.07, 6.45) is 5.95. The van der Waals surface area contributed by atoms with Crippen molar-refractivity contribution in [3.8, 4) is 0 Å². The molecule has 2 amide bonds. The van der Waals surface area contributed by atoms with Gasteiger partial charge in [-0.15, -0.1) is 11.8 Å². The monoisotopic (exact) mass is 305 g/mol. The second-order valence-electron chi connectivity index (χ2n) is 4.34. The Balaban J connectivity index is 1.80. The average molecular weight is 305 g/mol. The van der Waals surface area contributed by atoms with Gasteiger partial charge in [0.1, 0.15) is 5.82 Å². The molecule has 2 rings (SSSR count). The van der Waals surface area contributed by atoms with Crippen LogP contribution in [0.15, 0.2) is 47.6 Å². The maximum absolute atomic E-state index is 13.6. The summed E-state index contributed by atoms with van der Waals surface area (Å²) in [5.41, 5.74) is 1.53. The van der Waals surface area contributed by atoms with Gasteiger partial charge < -0.3 is 10.6 Å². The lowest BCUT2D eigenvalue weighted by Crippen LogP contribution is -2.30. The first-order valence-electron chi connectivity index (χ1n) is 6.46. The Kier molecular flexibility index (Phi) is 5.57. The highest BCUT2D eigenvalue weighted by Crippen LogP contribution is 2.22. The van der Waals surface area contributed by atoms with Gasteiger partial charge in [-0.05, 0) is 48.6 Å². The van der Waals surface area contributed by atoms with Gasteiger partial charge >= 0.3 is 6.03 Å². The molecule has 0 bridgehead atoms. The number of hydrogen-bond donors (Lipinski definition) is 2. The van der Waals surface area contributed by atoms with Gasteiger partial charge in [0.05, 0.1) is 0 Å². The van der Waals surface area contributed by atoms with Gasteiger partial charge in [-0.25, -0.2) is 9.18 Å². The summed E-state index contributed by atoms with van der Waals surface area (Å²) in [6, 6.07) is 8.09. The molecule has 0 saturated heterocycles. The highest BCUT2D eigenvalue weighted by molar-refractivity contribution is 7.98. The number of rotatable bonds is 5. The normalized spacial score (nSPS) is 10.2. The first-order valence-corrected chi connectivity index (χ1v) is 7.69. The molecule has 6 heteroatoms. The van der Waals surface area contributed by atoms with E-state index in [2.05, 4.69) is 15.6 Å². The van der Waals surface area contributed by atoms with E-state index >= 15 is 0 Å². The predicted octanol–water partition coefficient (Wildman–Crippen LogP) is 3.31. The Labute approximate surface area is 127 Å². The highest BCUT2D eigenvalue weighted by atomic mass is 32.2. The van der Waals surface area contributed by atoms with Crippen molar-refractivity contribution in [1.82, 2.24) is 10.3 Å². The first-order chi connectivity index (χ1) is 10.2.